The van der Waals surface area contributed by atoms with Crippen LogP contribution in [0, 0.1) is 0 Å². The number of methoxy groups -OCH3 is 1. The van der Waals surface area contributed by atoms with Crippen molar-refractivity contribution < 1.29 is 9.53 Å². The number of carbonyl (C=O) groups is 1. The Morgan fingerprint density at radius 1 is 1.24 bits per heavy atom. The first-order chi connectivity index (χ1) is 13.9. The molecule has 0 spiro atoms. The van der Waals surface area contributed by atoms with Crippen LogP contribution in [-0.4, -0.2) is 35.7 Å². The van der Waals surface area contributed by atoms with Gasteiger partial charge in [-0.1, -0.05) is 38.1 Å². The van der Waals surface area contributed by atoms with E-state index in [9.17, 15) is 14.4 Å². The molecule has 1 amide bonds. The normalized spacial score (nSPS) is 11.1. The number of nitrogen functional groups attached to an aromatic ring is 1. The predicted octanol–water partition coefficient (Wildman–Crippen LogP) is 1.78. The summed E-state index contributed by atoms with van der Waals surface area (Å²) in [5, 5.41) is 0. The second kappa shape index (κ2) is 10.4. The number of aryl methyl sites for hydroxylation is 1. The number of hydrogen-bond acceptors (Lipinski definition) is 5. The van der Waals surface area contributed by atoms with Gasteiger partial charge in [0.05, 0.1) is 6.61 Å². The molecule has 8 heteroatoms. The van der Waals surface area contributed by atoms with Gasteiger partial charge in [0.15, 0.2) is 5.69 Å². The maximum absolute atomic E-state index is 12.9. The van der Waals surface area contributed by atoms with E-state index in [0.717, 1.165) is 12.0 Å². The number of aromatic amines is 1. The summed E-state index contributed by atoms with van der Waals surface area (Å²) in [4.78, 5) is 40.9. The molecule has 0 saturated heterocycles. The molecule has 0 bridgehead atoms. The van der Waals surface area contributed by atoms with E-state index in [2.05, 4.69) is 11.9 Å². The van der Waals surface area contributed by atoms with Gasteiger partial charge in [-0.2, -0.15) is 0 Å². The lowest BCUT2D eigenvalue weighted by Crippen LogP contribution is -2.42. The van der Waals surface area contributed by atoms with Crippen molar-refractivity contribution >= 4 is 23.5 Å². The number of amides is 1. The first kappa shape index (κ1) is 22.2. The van der Waals surface area contributed by atoms with Crippen molar-refractivity contribution in [3.05, 3.63) is 62.3 Å². The van der Waals surface area contributed by atoms with Crippen molar-refractivity contribution in [1.82, 2.24) is 9.55 Å². The maximum Gasteiger partial charge on any atom is 0.330 e. The molecular weight excluding hydrogens is 372 g/mol. The Labute approximate surface area is 169 Å². The second-order valence-electron chi connectivity index (χ2n) is 6.56. The van der Waals surface area contributed by atoms with Gasteiger partial charge in [-0.25, -0.2) is 4.79 Å². The Morgan fingerprint density at radius 3 is 2.52 bits per heavy atom. The number of ether oxygens (including phenoxy) is 1. The number of hydrogen-bond donors (Lipinski definition) is 2. The average molecular weight is 400 g/mol. The van der Waals surface area contributed by atoms with E-state index >= 15 is 0 Å². The minimum Gasteiger partial charge on any atom is -0.383 e. The van der Waals surface area contributed by atoms with Crippen LogP contribution in [0.2, 0.25) is 0 Å². The van der Waals surface area contributed by atoms with Gasteiger partial charge in [-0.3, -0.25) is 24.0 Å². The highest BCUT2D eigenvalue weighted by Gasteiger charge is 2.22. The topological polar surface area (TPSA) is 110 Å². The highest BCUT2D eigenvalue weighted by molar-refractivity contribution is 6.05. The molecule has 1 heterocycles. The number of anilines is 2. The molecule has 0 saturated carbocycles. The largest absolute Gasteiger partial charge is 0.383 e. The summed E-state index contributed by atoms with van der Waals surface area (Å²) in [6, 6.07) is 7.84. The summed E-state index contributed by atoms with van der Waals surface area (Å²) in [5.74, 6) is -0.466. The number of aromatic nitrogens is 2. The molecule has 2 aromatic rings. The Hall–Kier alpha value is -3.13. The Kier molecular flexibility index (Phi) is 7.97. The first-order valence-electron chi connectivity index (χ1n) is 9.62. The van der Waals surface area contributed by atoms with Crippen molar-refractivity contribution in [1.29, 1.82) is 0 Å². The highest BCUT2D eigenvalue weighted by atomic mass is 16.5. The number of benzene rings is 1. The Balaban J connectivity index is 2.41. The summed E-state index contributed by atoms with van der Waals surface area (Å²) in [7, 11) is 1.50. The van der Waals surface area contributed by atoms with Crippen LogP contribution < -0.4 is 21.9 Å². The first-order valence-corrected chi connectivity index (χ1v) is 9.62. The smallest absolute Gasteiger partial charge is 0.330 e. The zero-order valence-electron chi connectivity index (χ0n) is 17.1. The second-order valence-corrected chi connectivity index (χ2v) is 6.56. The molecule has 0 atom stereocenters. The number of nitrogens with two attached hydrogens (primary N) is 1. The Morgan fingerprint density at radius 2 is 1.93 bits per heavy atom. The molecular formula is C21H28N4O4. The average Bonchev–Trinajstić information content (AvgIpc) is 2.71. The van der Waals surface area contributed by atoms with Crippen molar-refractivity contribution in [3.8, 4) is 0 Å². The minimum atomic E-state index is -0.704. The molecule has 8 nitrogen and oxygen atoms in total. The van der Waals surface area contributed by atoms with Gasteiger partial charge in [0.1, 0.15) is 5.82 Å². The summed E-state index contributed by atoms with van der Waals surface area (Å²) in [5.41, 5.74) is 6.82. The van der Waals surface area contributed by atoms with Crippen LogP contribution in [-0.2, 0) is 22.5 Å². The number of nitrogens with zero attached hydrogens (tertiary/aromatic N) is 2. The lowest BCUT2D eigenvalue weighted by molar-refractivity contribution is -0.114. The van der Waals surface area contributed by atoms with Crippen LogP contribution >= 0.6 is 0 Å². The zero-order chi connectivity index (χ0) is 21.4. The monoisotopic (exact) mass is 400 g/mol. The summed E-state index contributed by atoms with van der Waals surface area (Å²) >= 11 is 0. The molecule has 0 aliphatic carbocycles. The fourth-order valence-electron chi connectivity index (χ4n) is 2.92. The van der Waals surface area contributed by atoms with Gasteiger partial charge in [0, 0.05) is 26.3 Å². The van der Waals surface area contributed by atoms with E-state index in [1.807, 2.05) is 31.2 Å². The van der Waals surface area contributed by atoms with Crippen LogP contribution in [0.25, 0.3) is 6.08 Å². The number of carbonyl (C=O) groups excluding carboxylic acids is 1. The molecule has 1 aromatic carbocycles. The summed E-state index contributed by atoms with van der Waals surface area (Å²) < 4.78 is 6.33. The quantitative estimate of drug-likeness (QED) is 0.624. The third-order valence-corrected chi connectivity index (χ3v) is 4.52. The van der Waals surface area contributed by atoms with Crippen molar-refractivity contribution in [2.45, 2.75) is 33.2 Å². The summed E-state index contributed by atoms with van der Waals surface area (Å²) in [6.45, 7) is 4.61. The van der Waals surface area contributed by atoms with Crippen molar-refractivity contribution in [3.63, 3.8) is 0 Å². The van der Waals surface area contributed by atoms with Gasteiger partial charge < -0.3 is 10.5 Å². The van der Waals surface area contributed by atoms with E-state index in [1.54, 1.807) is 6.08 Å². The zero-order valence-corrected chi connectivity index (χ0v) is 17.1. The highest BCUT2D eigenvalue weighted by Crippen LogP contribution is 2.18. The molecule has 156 valence electrons. The summed E-state index contributed by atoms with van der Waals surface area (Å²) in [6.07, 6.45) is 4.64. The van der Waals surface area contributed by atoms with E-state index in [-0.39, 0.29) is 24.7 Å². The van der Waals surface area contributed by atoms with Crippen LogP contribution in [0.15, 0.2) is 39.9 Å². The number of rotatable bonds is 9. The maximum atomic E-state index is 12.9. The molecule has 1 aromatic heterocycles. The Bertz CT molecular complexity index is 974. The van der Waals surface area contributed by atoms with Crippen molar-refractivity contribution in [2.24, 2.45) is 0 Å². The van der Waals surface area contributed by atoms with Gasteiger partial charge in [-0.05, 0) is 30.0 Å². The third-order valence-electron chi connectivity index (χ3n) is 4.52. The molecule has 2 rings (SSSR count). The molecule has 0 aliphatic heterocycles. The molecule has 0 unspecified atom stereocenters. The van der Waals surface area contributed by atoms with Gasteiger partial charge >= 0.3 is 5.69 Å². The van der Waals surface area contributed by atoms with E-state index in [0.29, 0.717) is 13.0 Å². The predicted molar refractivity (Wildman–Crippen MR) is 115 cm³/mol. The van der Waals surface area contributed by atoms with Crippen LogP contribution in [0.4, 0.5) is 11.5 Å². The van der Waals surface area contributed by atoms with E-state index in [4.69, 9.17) is 10.5 Å². The van der Waals surface area contributed by atoms with E-state index < -0.39 is 17.2 Å². The fraction of sp³-hybridized carbons (Fsp3) is 0.381. The SMILES string of the molecule is CCCn1c(N)c(N(CCOC)C(=O)C=Cc2ccc(CC)cc2)c(=O)[nH]c1=O. The molecule has 29 heavy (non-hydrogen) atoms. The molecule has 0 radical (unpaired) electrons. The van der Waals surface area contributed by atoms with E-state index in [1.165, 1.54) is 28.2 Å². The lowest BCUT2D eigenvalue weighted by atomic mass is 10.1. The van der Waals surface area contributed by atoms with Gasteiger partial charge in [-0.15, -0.1) is 0 Å². The molecule has 3 N–H and O–H groups in total. The fourth-order valence-corrected chi connectivity index (χ4v) is 2.92. The minimum absolute atomic E-state index is 0.0363. The van der Waals surface area contributed by atoms with Crippen LogP contribution in [0.5, 0.6) is 0 Å². The molecule has 0 fully saturated rings. The number of H-pyrrole nitrogens is 1. The standard InChI is InChI=1S/C21H28N4O4/c1-4-12-25-19(22)18(20(27)23-21(25)28)24(13-14-29-3)17(26)11-10-16-8-6-15(5-2)7-9-16/h6-11H,4-5,12-14,22H2,1-3H3,(H,23,27,28). The lowest BCUT2D eigenvalue weighted by Gasteiger charge is -2.23. The van der Waals surface area contributed by atoms with Crippen LogP contribution in [0.1, 0.15) is 31.4 Å². The van der Waals surface area contributed by atoms with Gasteiger partial charge in [0.2, 0.25) is 0 Å². The van der Waals surface area contributed by atoms with Crippen molar-refractivity contribution in [2.75, 3.05) is 30.9 Å². The van der Waals surface area contributed by atoms with Gasteiger partial charge in [0.25, 0.3) is 11.5 Å². The van der Waals surface area contributed by atoms with Crippen LogP contribution in [0.3, 0.4) is 0 Å². The molecule has 0 aliphatic rings. The third kappa shape index (κ3) is 5.45. The number of nitrogens with one attached hydrogen (secondary N) is 1.